The van der Waals surface area contributed by atoms with Crippen molar-refractivity contribution < 1.29 is 4.42 Å². The van der Waals surface area contributed by atoms with E-state index in [1.807, 2.05) is 0 Å². The maximum atomic E-state index is 6.66. The van der Waals surface area contributed by atoms with E-state index in [2.05, 4.69) is 176 Å². The molecule has 252 valence electrons. The van der Waals surface area contributed by atoms with Crippen LogP contribution < -0.4 is 0 Å². The van der Waals surface area contributed by atoms with Crippen molar-refractivity contribution in [1.82, 2.24) is 9.97 Å². The van der Waals surface area contributed by atoms with Crippen LogP contribution in [0.3, 0.4) is 0 Å². The molecule has 3 heteroatoms. The Morgan fingerprint density at radius 2 is 1.28 bits per heavy atom. The van der Waals surface area contributed by atoms with Gasteiger partial charge in [0.25, 0.3) is 0 Å². The molecule has 0 saturated heterocycles. The summed E-state index contributed by atoms with van der Waals surface area (Å²) < 4.78 is 6.66. The van der Waals surface area contributed by atoms with Crippen molar-refractivity contribution >= 4 is 43.9 Å². The molecule has 6 aromatic carbocycles. The number of furan rings is 1. The Morgan fingerprint density at radius 3 is 2.08 bits per heavy atom. The molecule has 2 aliphatic rings. The van der Waals surface area contributed by atoms with Crippen LogP contribution in [-0.4, -0.2) is 9.97 Å². The van der Waals surface area contributed by atoms with Crippen LogP contribution in [0.25, 0.3) is 77.4 Å². The van der Waals surface area contributed by atoms with Crippen molar-refractivity contribution in [1.29, 1.82) is 0 Å². The number of hydrogen-bond donors (Lipinski definition) is 0. The minimum absolute atomic E-state index is 0.124. The fourth-order valence-corrected chi connectivity index (χ4v) is 7.99. The largest absolute Gasteiger partial charge is 0.455 e. The number of hydrogen-bond acceptors (Lipinski definition) is 3. The smallest absolute Gasteiger partial charge is 0.159 e. The van der Waals surface area contributed by atoms with Gasteiger partial charge in [-0.1, -0.05) is 152 Å². The molecule has 1 atom stereocenters. The molecular weight excluding hydrogens is 645 g/mol. The first-order valence-corrected chi connectivity index (χ1v) is 18.5. The fourth-order valence-electron chi connectivity index (χ4n) is 7.99. The summed E-state index contributed by atoms with van der Waals surface area (Å²) in [5.41, 5.74) is 13.2. The average Bonchev–Trinajstić information content (AvgIpc) is 3.63. The zero-order valence-electron chi connectivity index (χ0n) is 29.2. The van der Waals surface area contributed by atoms with E-state index < -0.39 is 0 Å². The Morgan fingerprint density at radius 1 is 0.528 bits per heavy atom. The van der Waals surface area contributed by atoms with Crippen LogP contribution in [0.15, 0.2) is 180 Å². The first-order valence-electron chi connectivity index (χ1n) is 18.5. The summed E-state index contributed by atoms with van der Waals surface area (Å²) in [4.78, 5) is 10.4. The van der Waals surface area contributed by atoms with Crippen LogP contribution in [0, 0.1) is 0 Å². The number of fused-ring (bicyclic) bond motifs is 5. The molecule has 0 N–H and O–H groups in total. The summed E-state index contributed by atoms with van der Waals surface area (Å²) >= 11 is 0. The Bertz CT molecular complexity index is 2800. The number of benzene rings is 6. The number of rotatable bonds is 6. The normalized spacial score (nSPS) is 15.6. The second kappa shape index (κ2) is 13.2. The molecule has 0 aliphatic heterocycles. The van der Waals surface area contributed by atoms with Crippen molar-refractivity contribution in [3.63, 3.8) is 0 Å². The van der Waals surface area contributed by atoms with E-state index in [9.17, 15) is 0 Å². The zero-order valence-corrected chi connectivity index (χ0v) is 29.2. The number of allylic oxidation sites excluding steroid dienone is 8. The SMILES string of the molecule is C1=CC(c2nc(-c3cccc(-c4ccccc4)c3)cc(C3C=CC(c4cccc5oc6c7ccccc7c(-c7ccccc7)cc6c45)=CC3)n2)=CCC1. The molecule has 0 bridgehead atoms. The second-order valence-corrected chi connectivity index (χ2v) is 13.9. The van der Waals surface area contributed by atoms with Gasteiger partial charge >= 0.3 is 0 Å². The van der Waals surface area contributed by atoms with Crippen molar-refractivity contribution in [2.24, 2.45) is 0 Å². The topological polar surface area (TPSA) is 38.9 Å². The van der Waals surface area contributed by atoms with Gasteiger partial charge in [-0.3, -0.25) is 0 Å². The number of aromatic nitrogens is 2. The molecule has 10 rings (SSSR count). The summed E-state index contributed by atoms with van der Waals surface area (Å²) in [6.07, 6.45) is 16.5. The maximum absolute atomic E-state index is 6.66. The summed E-state index contributed by atoms with van der Waals surface area (Å²) in [5, 5.41) is 4.62. The van der Waals surface area contributed by atoms with E-state index in [-0.39, 0.29) is 5.92 Å². The van der Waals surface area contributed by atoms with Crippen molar-refractivity contribution in [2.75, 3.05) is 0 Å². The Kier molecular flexibility index (Phi) is 7.76. The molecule has 53 heavy (non-hydrogen) atoms. The van der Waals surface area contributed by atoms with Gasteiger partial charge in [-0.05, 0) is 82.3 Å². The van der Waals surface area contributed by atoms with Crippen molar-refractivity contribution in [3.05, 3.63) is 193 Å². The molecule has 2 aliphatic carbocycles. The Labute approximate surface area is 309 Å². The molecule has 2 heterocycles. The van der Waals surface area contributed by atoms with Crippen LogP contribution in [-0.2, 0) is 0 Å². The minimum Gasteiger partial charge on any atom is -0.455 e. The predicted molar refractivity (Wildman–Crippen MR) is 220 cm³/mol. The van der Waals surface area contributed by atoms with Gasteiger partial charge in [-0.15, -0.1) is 0 Å². The number of nitrogens with zero attached hydrogens (tertiary/aromatic N) is 2. The molecule has 0 saturated carbocycles. The van der Waals surface area contributed by atoms with Crippen molar-refractivity contribution in [3.8, 4) is 33.5 Å². The Balaban J connectivity index is 1.05. The zero-order chi connectivity index (χ0) is 35.1. The molecule has 0 amide bonds. The first-order chi connectivity index (χ1) is 26.3. The summed E-state index contributed by atoms with van der Waals surface area (Å²) in [6.45, 7) is 0. The maximum Gasteiger partial charge on any atom is 0.159 e. The minimum atomic E-state index is 0.124. The van der Waals surface area contributed by atoms with E-state index in [0.717, 1.165) is 74.9 Å². The van der Waals surface area contributed by atoms with Crippen molar-refractivity contribution in [2.45, 2.75) is 25.2 Å². The first kappa shape index (κ1) is 31.2. The molecule has 0 radical (unpaired) electrons. The summed E-state index contributed by atoms with van der Waals surface area (Å²) in [5.74, 6) is 0.913. The second-order valence-electron chi connectivity index (χ2n) is 13.9. The monoisotopic (exact) mass is 680 g/mol. The summed E-state index contributed by atoms with van der Waals surface area (Å²) in [7, 11) is 0. The molecule has 1 unspecified atom stereocenters. The van der Waals surface area contributed by atoms with Gasteiger partial charge in [-0.25, -0.2) is 9.97 Å². The lowest BCUT2D eigenvalue weighted by atomic mass is 9.88. The van der Waals surface area contributed by atoms with Gasteiger partial charge in [0.15, 0.2) is 5.82 Å². The van der Waals surface area contributed by atoms with Gasteiger partial charge < -0.3 is 4.42 Å². The fraction of sp³-hybridized carbons (Fsp3) is 0.0800. The molecule has 3 nitrogen and oxygen atoms in total. The van der Waals surface area contributed by atoms with Gasteiger partial charge in [0, 0.05) is 33.2 Å². The van der Waals surface area contributed by atoms with Gasteiger partial charge in [-0.2, -0.15) is 0 Å². The summed E-state index contributed by atoms with van der Waals surface area (Å²) in [6, 6.07) is 49.4. The highest BCUT2D eigenvalue weighted by Gasteiger charge is 2.21. The quantitative estimate of drug-likeness (QED) is 0.175. The van der Waals surface area contributed by atoms with Gasteiger partial charge in [0.2, 0.25) is 0 Å². The van der Waals surface area contributed by atoms with Crippen LogP contribution in [0.1, 0.15) is 42.3 Å². The lowest BCUT2D eigenvalue weighted by molar-refractivity contribution is 0.672. The van der Waals surface area contributed by atoms with E-state index in [4.69, 9.17) is 14.4 Å². The third-order valence-corrected chi connectivity index (χ3v) is 10.6. The van der Waals surface area contributed by atoms with E-state index in [1.165, 1.54) is 38.8 Å². The predicted octanol–water partition coefficient (Wildman–Crippen LogP) is 13.4. The van der Waals surface area contributed by atoms with Crippen LogP contribution >= 0.6 is 0 Å². The van der Waals surface area contributed by atoms with Crippen LogP contribution in [0.2, 0.25) is 0 Å². The molecular formula is C50H36N2O. The molecule has 0 spiro atoms. The average molecular weight is 681 g/mol. The van der Waals surface area contributed by atoms with E-state index in [0.29, 0.717) is 0 Å². The van der Waals surface area contributed by atoms with Gasteiger partial charge in [0.1, 0.15) is 11.2 Å². The van der Waals surface area contributed by atoms with Crippen LogP contribution in [0.4, 0.5) is 0 Å². The third-order valence-electron chi connectivity index (χ3n) is 10.6. The molecule has 0 fully saturated rings. The van der Waals surface area contributed by atoms with Crippen LogP contribution in [0.5, 0.6) is 0 Å². The highest BCUT2D eigenvalue weighted by Crippen LogP contribution is 2.43. The highest BCUT2D eigenvalue weighted by molar-refractivity contribution is 6.21. The highest BCUT2D eigenvalue weighted by atomic mass is 16.3. The van der Waals surface area contributed by atoms with E-state index in [1.54, 1.807) is 0 Å². The standard InChI is InChI=1S/C50H36N2O/c1-4-14-33(15-5-1)38-20-12-21-39(30-38)46-32-45(51-50(52-46)37-18-8-3-9-19-37)36-28-26-35(27-29-36)40-24-13-25-47-48(40)44-31-43(34-16-6-2-7-17-34)41-22-10-11-23-42(41)49(44)53-47/h1-2,4-8,10-28,30-32,36H,3,9,29H2. The lowest BCUT2D eigenvalue weighted by Crippen LogP contribution is -2.06. The Hall–Kier alpha value is -6.58. The third kappa shape index (κ3) is 5.71. The molecule has 2 aromatic heterocycles. The van der Waals surface area contributed by atoms with E-state index >= 15 is 0 Å². The lowest BCUT2D eigenvalue weighted by Gasteiger charge is -2.19. The molecule has 8 aromatic rings. The van der Waals surface area contributed by atoms with Gasteiger partial charge in [0.05, 0.1) is 11.4 Å².